The van der Waals surface area contributed by atoms with Crippen LogP contribution in [0.25, 0.3) is 0 Å². The fraction of sp³-hybridized carbons (Fsp3) is 0.588. The van der Waals surface area contributed by atoms with Gasteiger partial charge in [0.1, 0.15) is 0 Å². The maximum atomic E-state index is 12.1. The number of carbonyl (C=O) groups excluding carboxylic acids is 1. The molecule has 1 fully saturated rings. The van der Waals surface area contributed by atoms with E-state index < -0.39 is 0 Å². The van der Waals surface area contributed by atoms with Gasteiger partial charge in [-0.15, -0.1) is 0 Å². The third-order valence-electron chi connectivity index (χ3n) is 4.08. The first kappa shape index (κ1) is 16.0. The number of carbonyl (C=O) groups is 1. The molecule has 4 heteroatoms. The average molecular weight is 289 g/mol. The Morgan fingerprint density at radius 1 is 1.38 bits per heavy atom. The lowest BCUT2D eigenvalue weighted by atomic mass is 10.0. The summed E-state index contributed by atoms with van der Waals surface area (Å²) in [6.45, 7) is 5.70. The van der Waals surface area contributed by atoms with Crippen molar-refractivity contribution in [1.29, 1.82) is 0 Å². The first-order chi connectivity index (χ1) is 10.2. The van der Waals surface area contributed by atoms with Crippen molar-refractivity contribution in [3.8, 4) is 0 Å². The van der Waals surface area contributed by atoms with Crippen molar-refractivity contribution >= 4 is 5.91 Å². The van der Waals surface area contributed by atoms with Crippen LogP contribution in [0.1, 0.15) is 37.3 Å². The Kier molecular flexibility index (Phi) is 6.21. The van der Waals surface area contributed by atoms with Gasteiger partial charge in [-0.2, -0.15) is 0 Å². The van der Waals surface area contributed by atoms with E-state index in [9.17, 15) is 4.79 Å². The molecule has 1 heterocycles. The summed E-state index contributed by atoms with van der Waals surface area (Å²) in [5, 5.41) is 6.33. The molecule has 0 bridgehead atoms. The quantitative estimate of drug-likeness (QED) is 0.840. The SMILES string of the molecule is CCN(C)Cc1cccc(CNC(=O)[C@H]2CCCCN2)c1. The monoisotopic (exact) mass is 289 g/mol. The van der Waals surface area contributed by atoms with E-state index in [1.54, 1.807) is 0 Å². The van der Waals surface area contributed by atoms with Gasteiger partial charge in [0, 0.05) is 13.1 Å². The Morgan fingerprint density at radius 2 is 2.19 bits per heavy atom. The molecule has 0 saturated carbocycles. The van der Waals surface area contributed by atoms with E-state index in [1.807, 2.05) is 0 Å². The zero-order chi connectivity index (χ0) is 15.1. The van der Waals surface area contributed by atoms with Crippen molar-refractivity contribution in [3.05, 3.63) is 35.4 Å². The van der Waals surface area contributed by atoms with Crippen molar-refractivity contribution in [2.45, 2.75) is 45.3 Å². The number of hydrogen-bond acceptors (Lipinski definition) is 3. The summed E-state index contributed by atoms with van der Waals surface area (Å²) >= 11 is 0. The fourth-order valence-electron chi connectivity index (χ4n) is 2.65. The van der Waals surface area contributed by atoms with Crippen LogP contribution in [0.4, 0.5) is 0 Å². The highest BCUT2D eigenvalue weighted by Crippen LogP contribution is 2.09. The maximum Gasteiger partial charge on any atom is 0.237 e. The van der Waals surface area contributed by atoms with Gasteiger partial charge >= 0.3 is 0 Å². The summed E-state index contributed by atoms with van der Waals surface area (Å²) in [5.41, 5.74) is 2.46. The van der Waals surface area contributed by atoms with Crippen LogP contribution in [-0.2, 0) is 17.9 Å². The second-order valence-corrected chi connectivity index (χ2v) is 5.87. The predicted octanol–water partition coefficient (Wildman–Crippen LogP) is 1.90. The van der Waals surface area contributed by atoms with E-state index in [2.05, 4.69) is 53.8 Å². The van der Waals surface area contributed by atoms with Gasteiger partial charge in [-0.3, -0.25) is 4.79 Å². The minimum Gasteiger partial charge on any atom is -0.351 e. The largest absolute Gasteiger partial charge is 0.351 e. The summed E-state index contributed by atoms with van der Waals surface area (Å²) in [5.74, 6) is 0.130. The minimum atomic E-state index is -0.00634. The second kappa shape index (κ2) is 8.15. The van der Waals surface area contributed by atoms with Gasteiger partial charge in [-0.05, 0) is 44.1 Å². The maximum absolute atomic E-state index is 12.1. The van der Waals surface area contributed by atoms with Crippen LogP contribution in [0, 0.1) is 0 Å². The normalized spacial score (nSPS) is 18.7. The highest BCUT2D eigenvalue weighted by Gasteiger charge is 2.19. The Bertz CT molecular complexity index is 455. The minimum absolute atomic E-state index is 0.00634. The Balaban J connectivity index is 1.84. The van der Waals surface area contributed by atoms with E-state index in [-0.39, 0.29) is 11.9 Å². The third kappa shape index (κ3) is 5.14. The number of amides is 1. The molecule has 1 aromatic rings. The zero-order valence-corrected chi connectivity index (χ0v) is 13.2. The molecule has 0 aromatic heterocycles. The van der Waals surface area contributed by atoms with E-state index >= 15 is 0 Å². The number of piperidine rings is 1. The first-order valence-corrected chi connectivity index (χ1v) is 7.96. The molecular weight excluding hydrogens is 262 g/mol. The third-order valence-corrected chi connectivity index (χ3v) is 4.08. The summed E-state index contributed by atoms with van der Waals surface area (Å²) in [6.07, 6.45) is 3.27. The van der Waals surface area contributed by atoms with E-state index in [4.69, 9.17) is 0 Å². The summed E-state index contributed by atoms with van der Waals surface area (Å²) in [7, 11) is 2.11. The Morgan fingerprint density at radius 3 is 2.90 bits per heavy atom. The van der Waals surface area contributed by atoms with Gasteiger partial charge < -0.3 is 15.5 Å². The molecule has 1 saturated heterocycles. The molecule has 0 radical (unpaired) electrons. The number of nitrogens with one attached hydrogen (secondary N) is 2. The van der Waals surface area contributed by atoms with E-state index in [1.165, 1.54) is 17.5 Å². The highest BCUT2D eigenvalue weighted by molar-refractivity contribution is 5.81. The standard InChI is InChI=1S/C17H27N3O/c1-3-20(2)13-15-8-6-7-14(11-15)12-19-17(21)16-9-4-5-10-18-16/h6-8,11,16,18H,3-5,9-10,12-13H2,1-2H3,(H,19,21)/t16-/m1/s1. The Labute approximate surface area is 127 Å². The van der Waals surface area contributed by atoms with E-state index in [0.717, 1.165) is 32.5 Å². The molecule has 0 unspecified atom stereocenters. The van der Waals surface area contributed by atoms with Gasteiger partial charge in [0.25, 0.3) is 0 Å². The molecule has 0 spiro atoms. The van der Waals surface area contributed by atoms with Crippen molar-refractivity contribution in [1.82, 2.24) is 15.5 Å². The molecule has 4 nitrogen and oxygen atoms in total. The zero-order valence-electron chi connectivity index (χ0n) is 13.2. The molecule has 1 aromatic carbocycles. The molecule has 116 valence electrons. The lowest BCUT2D eigenvalue weighted by Gasteiger charge is -2.22. The number of hydrogen-bond donors (Lipinski definition) is 2. The molecule has 1 aliphatic heterocycles. The number of nitrogens with zero attached hydrogens (tertiary/aromatic N) is 1. The molecule has 2 N–H and O–H groups in total. The average Bonchev–Trinajstić information content (AvgIpc) is 2.53. The van der Waals surface area contributed by atoms with Crippen LogP contribution in [0.3, 0.4) is 0 Å². The molecule has 1 atom stereocenters. The van der Waals surface area contributed by atoms with Gasteiger partial charge in [0.2, 0.25) is 5.91 Å². The molecule has 0 aliphatic carbocycles. The smallest absolute Gasteiger partial charge is 0.237 e. The summed E-state index contributed by atoms with van der Waals surface area (Å²) < 4.78 is 0. The second-order valence-electron chi connectivity index (χ2n) is 5.87. The number of benzene rings is 1. The number of rotatable bonds is 6. The van der Waals surface area contributed by atoms with E-state index in [0.29, 0.717) is 6.54 Å². The topological polar surface area (TPSA) is 44.4 Å². The van der Waals surface area contributed by atoms with Crippen molar-refractivity contribution in [2.75, 3.05) is 20.1 Å². The van der Waals surface area contributed by atoms with Gasteiger partial charge in [0.05, 0.1) is 6.04 Å². The highest BCUT2D eigenvalue weighted by atomic mass is 16.2. The summed E-state index contributed by atoms with van der Waals surface area (Å²) in [6, 6.07) is 8.46. The molecule has 1 amide bonds. The molecule has 1 aliphatic rings. The van der Waals surface area contributed by atoms with Crippen molar-refractivity contribution < 1.29 is 4.79 Å². The van der Waals surface area contributed by atoms with Crippen LogP contribution in [-0.4, -0.2) is 37.0 Å². The van der Waals surface area contributed by atoms with Crippen molar-refractivity contribution in [3.63, 3.8) is 0 Å². The van der Waals surface area contributed by atoms with Gasteiger partial charge in [0.15, 0.2) is 0 Å². The van der Waals surface area contributed by atoms with Crippen LogP contribution in [0.5, 0.6) is 0 Å². The van der Waals surface area contributed by atoms with Crippen LogP contribution in [0.2, 0.25) is 0 Å². The fourth-order valence-corrected chi connectivity index (χ4v) is 2.65. The lowest BCUT2D eigenvalue weighted by Crippen LogP contribution is -2.46. The lowest BCUT2D eigenvalue weighted by molar-refractivity contribution is -0.123. The van der Waals surface area contributed by atoms with Crippen molar-refractivity contribution in [2.24, 2.45) is 0 Å². The van der Waals surface area contributed by atoms with Gasteiger partial charge in [-0.1, -0.05) is 37.6 Å². The molecule has 21 heavy (non-hydrogen) atoms. The van der Waals surface area contributed by atoms with Crippen LogP contribution in [0.15, 0.2) is 24.3 Å². The summed E-state index contributed by atoms with van der Waals surface area (Å²) in [4.78, 5) is 14.4. The van der Waals surface area contributed by atoms with Crippen LogP contribution < -0.4 is 10.6 Å². The predicted molar refractivity (Wildman–Crippen MR) is 85.9 cm³/mol. The van der Waals surface area contributed by atoms with Crippen LogP contribution >= 0.6 is 0 Å². The molecular formula is C17H27N3O. The Hall–Kier alpha value is -1.39. The first-order valence-electron chi connectivity index (χ1n) is 7.96. The molecule has 2 rings (SSSR count). The van der Waals surface area contributed by atoms with Gasteiger partial charge in [-0.25, -0.2) is 0 Å².